The van der Waals surface area contributed by atoms with Gasteiger partial charge < -0.3 is 15.2 Å². The molecule has 6 nitrogen and oxygen atoms in total. The predicted molar refractivity (Wildman–Crippen MR) is 79.0 cm³/mol. The highest BCUT2D eigenvalue weighted by atomic mass is 16.5. The van der Waals surface area contributed by atoms with Gasteiger partial charge >= 0.3 is 0 Å². The second kappa shape index (κ2) is 5.62. The molecule has 1 aromatic carbocycles. The molecule has 0 unspecified atom stereocenters. The van der Waals surface area contributed by atoms with Gasteiger partial charge in [0, 0.05) is 24.7 Å². The summed E-state index contributed by atoms with van der Waals surface area (Å²) in [5.41, 5.74) is 1.21. The topological polar surface area (TPSA) is 80.0 Å². The number of rotatable bonds is 4. The monoisotopic (exact) mass is 282 g/mol. The Kier molecular flexibility index (Phi) is 3.51. The van der Waals surface area contributed by atoms with Gasteiger partial charge in [-0.1, -0.05) is 29.4 Å². The van der Waals surface area contributed by atoms with E-state index in [9.17, 15) is 4.79 Å². The Morgan fingerprint density at radius 2 is 2.05 bits per heavy atom. The normalized spacial score (nSPS) is 10.5. The van der Waals surface area contributed by atoms with E-state index in [2.05, 4.69) is 20.8 Å². The fraction of sp³-hybridized carbons (Fsp3) is 0.133. The minimum atomic E-state index is -0.190. The Bertz CT molecular complexity index is 768. The molecule has 0 aliphatic carbocycles. The second-order valence-corrected chi connectivity index (χ2v) is 4.49. The van der Waals surface area contributed by atoms with Crippen LogP contribution in [-0.2, 0) is 6.54 Å². The summed E-state index contributed by atoms with van der Waals surface area (Å²) in [7, 11) is 1.80. The fourth-order valence-electron chi connectivity index (χ4n) is 2.17. The SMILES string of the molecule is CNc1ncc(C(=O)NCc2ccon2)c2ccccc12. The van der Waals surface area contributed by atoms with Gasteiger partial charge in [0.2, 0.25) is 0 Å². The van der Waals surface area contributed by atoms with Crippen molar-refractivity contribution in [3.63, 3.8) is 0 Å². The van der Waals surface area contributed by atoms with Crippen molar-refractivity contribution < 1.29 is 9.32 Å². The second-order valence-electron chi connectivity index (χ2n) is 4.49. The van der Waals surface area contributed by atoms with Crippen LogP contribution in [0, 0.1) is 0 Å². The number of fused-ring (bicyclic) bond motifs is 1. The number of benzene rings is 1. The third-order valence-corrected chi connectivity index (χ3v) is 3.20. The highest BCUT2D eigenvalue weighted by molar-refractivity contribution is 6.09. The molecular formula is C15H14N4O2. The van der Waals surface area contributed by atoms with Crippen LogP contribution in [0.2, 0.25) is 0 Å². The van der Waals surface area contributed by atoms with Crippen molar-refractivity contribution in [1.29, 1.82) is 0 Å². The van der Waals surface area contributed by atoms with Gasteiger partial charge in [-0.3, -0.25) is 4.79 Å². The average molecular weight is 282 g/mol. The molecular weight excluding hydrogens is 268 g/mol. The van der Waals surface area contributed by atoms with E-state index in [4.69, 9.17) is 4.52 Å². The number of hydrogen-bond acceptors (Lipinski definition) is 5. The molecule has 2 aromatic heterocycles. The molecule has 0 atom stereocenters. The lowest BCUT2D eigenvalue weighted by atomic mass is 10.1. The van der Waals surface area contributed by atoms with E-state index in [-0.39, 0.29) is 5.91 Å². The highest BCUT2D eigenvalue weighted by Gasteiger charge is 2.13. The van der Waals surface area contributed by atoms with Gasteiger partial charge in [0.15, 0.2) is 0 Å². The first kappa shape index (κ1) is 13.1. The van der Waals surface area contributed by atoms with Crippen molar-refractivity contribution in [3.8, 4) is 0 Å². The summed E-state index contributed by atoms with van der Waals surface area (Å²) in [6, 6.07) is 9.37. The third-order valence-electron chi connectivity index (χ3n) is 3.20. The number of anilines is 1. The number of hydrogen-bond donors (Lipinski definition) is 2. The smallest absolute Gasteiger partial charge is 0.253 e. The summed E-state index contributed by atoms with van der Waals surface area (Å²) < 4.78 is 4.73. The molecule has 0 aliphatic rings. The van der Waals surface area contributed by atoms with E-state index in [0.29, 0.717) is 17.8 Å². The summed E-state index contributed by atoms with van der Waals surface area (Å²) in [6.45, 7) is 0.317. The van der Waals surface area contributed by atoms with Gasteiger partial charge in [-0.05, 0) is 5.39 Å². The van der Waals surface area contributed by atoms with Crippen LogP contribution in [0.1, 0.15) is 16.1 Å². The maximum Gasteiger partial charge on any atom is 0.253 e. The molecule has 0 radical (unpaired) electrons. The van der Waals surface area contributed by atoms with E-state index < -0.39 is 0 Å². The molecule has 0 saturated carbocycles. The molecule has 0 saturated heterocycles. The first-order valence-electron chi connectivity index (χ1n) is 6.52. The van der Waals surface area contributed by atoms with E-state index >= 15 is 0 Å². The molecule has 6 heteroatoms. The summed E-state index contributed by atoms with van der Waals surface area (Å²) >= 11 is 0. The first-order valence-corrected chi connectivity index (χ1v) is 6.52. The van der Waals surface area contributed by atoms with Crippen LogP contribution in [-0.4, -0.2) is 23.1 Å². The number of carbonyl (C=O) groups is 1. The van der Waals surface area contributed by atoms with Gasteiger partial charge in [-0.25, -0.2) is 4.98 Å². The Morgan fingerprint density at radius 3 is 2.76 bits per heavy atom. The average Bonchev–Trinajstić information content (AvgIpc) is 3.05. The van der Waals surface area contributed by atoms with Crippen LogP contribution in [0.4, 0.5) is 5.82 Å². The largest absolute Gasteiger partial charge is 0.373 e. The molecule has 106 valence electrons. The number of aromatic nitrogens is 2. The van der Waals surface area contributed by atoms with Gasteiger partial charge in [0.25, 0.3) is 5.91 Å². The van der Waals surface area contributed by atoms with Crippen LogP contribution < -0.4 is 10.6 Å². The zero-order chi connectivity index (χ0) is 14.7. The highest BCUT2D eigenvalue weighted by Crippen LogP contribution is 2.24. The predicted octanol–water partition coefficient (Wildman–Crippen LogP) is 2.19. The molecule has 2 N–H and O–H groups in total. The summed E-state index contributed by atoms with van der Waals surface area (Å²) in [5, 5.41) is 11.4. The summed E-state index contributed by atoms with van der Waals surface area (Å²) in [4.78, 5) is 16.6. The standard InChI is InChI=1S/C15H14N4O2/c1-16-14-12-5-3-2-4-11(12)13(9-17-14)15(20)18-8-10-6-7-21-19-10/h2-7,9H,8H2,1H3,(H,16,17)(H,18,20). The maximum absolute atomic E-state index is 12.3. The minimum Gasteiger partial charge on any atom is -0.373 e. The molecule has 0 spiro atoms. The number of pyridine rings is 1. The van der Waals surface area contributed by atoms with Crippen LogP contribution in [0.5, 0.6) is 0 Å². The zero-order valence-corrected chi connectivity index (χ0v) is 11.5. The molecule has 21 heavy (non-hydrogen) atoms. The van der Waals surface area contributed by atoms with Crippen molar-refractivity contribution in [1.82, 2.24) is 15.5 Å². The van der Waals surface area contributed by atoms with Gasteiger partial charge in [-0.2, -0.15) is 0 Å². The Morgan fingerprint density at radius 1 is 1.24 bits per heavy atom. The molecule has 3 rings (SSSR count). The summed E-state index contributed by atoms with van der Waals surface area (Å²) in [5.74, 6) is 0.558. The lowest BCUT2D eigenvalue weighted by Gasteiger charge is -2.09. The number of amides is 1. The molecule has 2 heterocycles. The van der Waals surface area contributed by atoms with Crippen molar-refractivity contribution >= 4 is 22.5 Å². The van der Waals surface area contributed by atoms with Crippen LogP contribution in [0.15, 0.2) is 47.3 Å². The zero-order valence-electron chi connectivity index (χ0n) is 11.5. The van der Waals surface area contributed by atoms with E-state index in [1.54, 1.807) is 19.3 Å². The van der Waals surface area contributed by atoms with Crippen molar-refractivity contribution in [2.24, 2.45) is 0 Å². The molecule has 0 aliphatic heterocycles. The molecule has 3 aromatic rings. The van der Waals surface area contributed by atoms with Gasteiger partial charge in [-0.15, -0.1) is 0 Å². The minimum absolute atomic E-state index is 0.190. The molecule has 1 amide bonds. The van der Waals surface area contributed by atoms with Gasteiger partial charge in [0.05, 0.1) is 12.1 Å². The van der Waals surface area contributed by atoms with E-state index in [1.807, 2.05) is 24.3 Å². The quantitative estimate of drug-likeness (QED) is 0.766. The van der Waals surface area contributed by atoms with E-state index in [1.165, 1.54) is 6.26 Å². The maximum atomic E-state index is 12.3. The Labute approximate surface area is 121 Å². The molecule has 0 bridgehead atoms. The van der Waals surface area contributed by atoms with Crippen LogP contribution in [0.25, 0.3) is 10.8 Å². The Hall–Kier alpha value is -2.89. The lowest BCUT2D eigenvalue weighted by molar-refractivity contribution is 0.0951. The van der Waals surface area contributed by atoms with Crippen LogP contribution >= 0.6 is 0 Å². The lowest BCUT2D eigenvalue weighted by Crippen LogP contribution is -2.23. The van der Waals surface area contributed by atoms with Crippen molar-refractivity contribution in [2.75, 3.05) is 12.4 Å². The fourth-order valence-corrected chi connectivity index (χ4v) is 2.17. The Balaban J connectivity index is 1.91. The van der Waals surface area contributed by atoms with Crippen molar-refractivity contribution in [2.45, 2.75) is 6.54 Å². The van der Waals surface area contributed by atoms with E-state index in [0.717, 1.165) is 16.6 Å². The third kappa shape index (κ3) is 2.55. The van der Waals surface area contributed by atoms with Gasteiger partial charge in [0.1, 0.15) is 17.8 Å². The van der Waals surface area contributed by atoms with Crippen molar-refractivity contribution in [3.05, 3.63) is 54.0 Å². The number of nitrogens with zero attached hydrogens (tertiary/aromatic N) is 2. The number of carbonyl (C=O) groups excluding carboxylic acids is 1. The van der Waals surface area contributed by atoms with Crippen LogP contribution in [0.3, 0.4) is 0 Å². The molecule has 0 fully saturated rings. The number of nitrogens with one attached hydrogen (secondary N) is 2. The first-order chi connectivity index (χ1) is 10.3. The summed E-state index contributed by atoms with van der Waals surface area (Å²) in [6.07, 6.45) is 3.05.